The van der Waals surface area contributed by atoms with E-state index >= 15 is 0 Å². The van der Waals surface area contributed by atoms with E-state index in [-0.39, 0.29) is 35.0 Å². The fourth-order valence-corrected chi connectivity index (χ4v) is 3.90. The summed E-state index contributed by atoms with van der Waals surface area (Å²) in [5.41, 5.74) is 1.37. The van der Waals surface area contributed by atoms with Gasteiger partial charge in [0.15, 0.2) is 0 Å². The van der Waals surface area contributed by atoms with Crippen LogP contribution in [0, 0.1) is 10.8 Å². The lowest BCUT2D eigenvalue weighted by atomic mass is 10.0. The number of rotatable bonds is 2. The average Bonchev–Trinajstić information content (AvgIpc) is 2.64. The van der Waals surface area contributed by atoms with Gasteiger partial charge in [0.1, 0.15) is 6.17 Å². The lowest BCUT2D eigenvalue weighted by Gasteiger charge is -2.27. The molecule has 0 spiro atoms. The predicted octanol–water partition coefficient (Wildman–Crippen LogP) is 3.59. The molecule has 0 aromatic heterocycles. The van der Waals surface area contributed by atoms with E-state index in [1.807, 2.05) is 36.1 Å². The highest BCUT2D eigenvalue weighted by atomic mass is 35.5. The number of hydrogen-bond donors (Lipinski definition) is 1. The molecule has 2 unspecified atom stereocenters. The van der Waals surface area contributed by atoms with Gasteiger partial charge >= 0.3 is 0 Å². The van der Waals surface area contributed by atoms with Crippen molar-refractivity contribution in [1.82, 2.24) is 10.2 Å². The van der Waals surface area contributed by atoms with Crippen LogP contribution < -0.4 is 5.32 Å². The zero-order valence-corrected chi connectivity index (χ0v) is 14.0. The van der Waals surface area contributed by atoms with E-state index in [4.69, 9.17) is 11.6 Å². The standard InChI is InChI=1S/C17H23ClN2O/c1-10-14(21)20(15-16(2,3)17(15,4)5)13(19-10)11-6-8-12(18)9-7-11/h6-10,13,15,19H,1-5H3. The maximum absolute atomic E-state index is 12.7. The summed E-state index contributed by atoms with van der Waals surface area (Å²) in [5.74, 6) is 0.193. The van der Waals surface area contributed by atoms with Crippen LogP contribution in [0.5, 0.6) is 0 Å². The fourth-order valence-electron chi connectivity index (χ4n) is 3.77. The Labute approximate surface area is 131 Å². The van der Waals surface area contributed by atoms with Crippen molar-refractivity contribution in [3.05, 3.63) is 34.9 Å². The van der Waals surface area contributed by atoms with Crippen molar-refractivity contribution in [2.45, 2.75) is 52.9 Å². The number of carbonyl (C=O) groups is 1. The second-order valence-corrected chi connectivity index (χ2v) is 7.87. The number of nitrogens with zero attached hydrogens (tertiary/aromatic N) is 1. The van der Waals surface area contributed by atoms with Crippen LogP contribution in [-0.4, -0.2) is 22.9 Å². The topological polar surface area (TPSA) is 32.3 Å². The van der Waals surface area contributed by atoms with Crippen LogP contribution in [-0.2, 0) is 4.79 Å². The number of carbonyl (C=O) groups excluding carboxylic acids is 1. The molecule has 2 atom stereocenters. The third-order valence-electron chi connectivity index (χ3n) is 5.72. The first kappa shape index (κ1) is 14.9. The molecule has 1 heterocycles. The van der Waals surface area contributed by atoms with Crippen LogP contribution in [0.15, 0.2) is 24.3 Å². The Kier molecular flexibility index (Phi) is 3.16. The van der Waals surface area contributed by atoms with Gasteiger partial charge in [0.05, 0.1) is 6.04 Å². The molecule has 2 aliphatic rings. The van der Waals surface area contributed by atoms with Crippen molar-refractivity contribution in [2.24, 2.45) is 10.8 Å². The Morgan fingerprint density at radius 3 is 2.10 bits per heavy atom. The molecular formula is C17H23ClN2O. The number of amides is 1. The average molecular weight is 307 g/mol. The molecule has 0 bridgehead atoms. The summed E-state index contributed by atoms with van der Waals surface area (Å²) in [5, 5.41) is 4.14. The summed E-state index contributed by atoms with van der Waals surface area (Å²) in [4.78, 5) is 14.7. The van der Waals surface area contributed by atoms with Crippen molar-refractivity contribution in [3.63, 3.8) is 0 Å². The van der Waals surface area contributed by atoms with Crippen LogP contribution in [0.2, 0.25) is 5.02 Å². The predicted molar refractivity (Wildman–Crippen MR) is 85.0 cm³/mol. The van der Waals surface area contributed by atoms with Crippen molar-refractivity contribution >= 4 is 17.5 Å². The van der Waals surface area contributed by atoms with Gasteiger partial charge in [-0.05, 0) is 35.4 Å². The van der Waals surface area contributed by atoms with Gasteiger partial charge in [-0.1, -0.05) is 51.4 Å². The van der Waals surface area contributed by atoms with Gasteiger partial charge in [0, 0.05) is 11.1 Å². The second-order valence-electron chi connectivity index (χ2n) is 7.43. The molecule has 21 heavy (non-hydrogen) atoms. The molecule has 1 N–H and O–H groups in total. The van der Waals surface area contributed by atoms with Crippen LogP contribution in [0.3, 0.4) is 0 Å². The smallest absolute Gasteiger partial charge is 0.241 e. The lowest BCUT2D eigenvalue weighted by molar-refractivity contribution is -0.131. The summed E-state index contributed by atoms with van der Waals surface area (Å²) < 4.78 is 0. The first-order valence-corrected chi connectivity index (χ1v) is 7.89. The highest BCUT2D eigenvalue weighted by Gasteiger charge is 2.70. The minimum atomic E-state index is -0.141. The van der Waals surface area contributed by atoms with Gasteiger partial charge in [-0.3, -0.25) is 10.1 Å². The quantitative estimate of drug-likeness (QED) is 0.905. The van der Waals surface area contributed by atoms with E-state index in [2.05, 4.69) is 33.0 Å². The Balaban J connectivity index is 1.97. The van der Waals surface area contributed by atoms with Gasteiger partial charge < -0.3 is 4.90 Å². The molecule has 1 aromatic carbocycles. The molecule has 1 saturated carbocycles. The third-order valence-corrected chi connectivity index (χ3v) is 5.97. The normalized spacial score (nSPS) is 30.8. The van der Waals surface area contributed by atoms with Crippen LogP contribution in [0.4, 0.5) is 0 Å². The Morgan fingerprint density at radius 2 is 1.62 bits per heavy atom. The molecule has 3 rings (SSSR count). The summed E-state index contributed by atoms with van der Waals surface area (Å²) >= 11 is 5.98. The Hall–Kier alpha value is -1.06. The van der Waals surface area contributed by atoms with E-state index in [1.165, 1.54) is 0 Å². The molecule has 114 valence electrons. The molecule has 1 saturated heterocycles. The first-order valence-electron chi connectivity index (χ1n) is 7.51. The molecule has 0 radical (unpaired) electrons. The molecule has 1 amide bonds. The number of hydrogen-bond acceptors (Lipinski definition) is 2. The van der Waals surface area contributed by atoms with Gasteiger partial charge in [0.25, 0.3) is 0 Å². The summed E-state index contributed by atoms with van der Waals surface area (Å²) in [6.07, 6.45) is -0.0594. The van der Waals surface area contributed by atoms with E-state index in [0.717, 1.165) is 10.6 Å². The summed E-state index contributed by atoms with van der Waals surface area (Å²) in [6.45, 7) is 10.9. The van der Waals surface area contributed by atoms with Crippen molar-refractivity contribution in [2.75, 3.05) is 0 Å². The highest BCUT2D eigenvalue weighted by Crippen LogP contribution is 2.66. The minimum Gasteiger partial charge on any atom is -0.317 e. The first-order chi connectivity index (χ1) is 9.68. The lowest BCUT2D eigenvalue weighted by Crippen LogP contribution is -2.36. The third kappa shape index (κ3) is 2.01. The summed E-state index contributed by atoms with van der Waals surface area (Å²) in [7, 11) is 0. The zero-order valence-electron chi connectivity index (χ0n) is 13.3. The van der Waals surface area contributed by atoms with Crippen molar-refractivity contribution in [1.29, 1.82) is 0 Å². The fraction of sp³-hybridized carbons (Fsp3) is 0.588. The van der Waals surface area contributed by atoms with Gasteiger partial charge in [-0.25, -0.2) is 0 Å². The van der Waals surface area contributed by atoms with E-state index in [1.54, 1.807) is 0 Å². The van der Waals surface area contributed by atoms with Gasteiger partial charge in [-0.15, -0.1) is 0 Å². The molecule has 1 aliphatic carbocycles. The SMILES string of the molecule is CC1NC(c2ccc(Cl)cc2)N(C2C(C)(C)C2(C)C)C1=O. The monoisotopic (exact) mass is 306 g/mol. The van der Waals surface area contributed by atoms with Crippen LogP contribution in [0.25, 0.3) is 0 Å². The molecule has 2 fully saturated rings. The molecule has 1 aliphatic heterocycles. The number of halogens is 1. The molecule has 4 heteroatoms. The molecule has 3 nitrogen and oxygen atoms in total. The number of nitrogens with one attached hydrogen (secondary N) is 1. The van der Waals surface area contributed by atoms with Crippen LogP contribution >= 0.6 is 11.6 Å². The van der Waals surface area contributed by atoms with Crippen LogP contribution in [0.1, 0.15) is 46.3 Å². The zero-order chi connectivity index (χ0) is 15.6. The molecule has 1 aromatic rings. The maximum atomic E-state index is 12.7. The van der Waals surface area contributed by atoms with E-state index in [9.17, 15) is 4.79 Å². The Bertz CT molecular complexity index is 565. The Morgan fingerprint density at radius 1 is 1.10 bits per heavy atom. The van der Waals surface area contributed by atoms with Gasteiger partial charge in [-0.2, -0.15) is 0 Å². The number of benzene rings is 1. The minimum absolute atomic E-state index is 0.0594. The summed E-state index contributed by atoms with van der Waals surface area (Å²) in [6, 6.07) is 7.89. The van der Waals surface area contributed by atoms with Crippen molar-refractivity contribution in [3.8, 4) is 0 Å². The van der Waals surface area contributed by atoms with Crippen molar-refractivity contribution < 1.29 is 4.79 Å². The van der Waals surface area contributed by atoms with Gasteiger partial charge in [0.2, 0.25) is 5.91 Å². The highest BCUT2D eigenvalue weighted by molar-refractivity contribution is 6.30. The second kappa shape index (κ2) is 4.47. The largest absolute Gasteiger partial charge is 0.317 e. The van der Waals surface area contributed by atoms with E-state index < -0.39 is 0 Å². The van der Waals surface area contributed by atoms with E-state index in [0.29, 0.717) is 0 Å². The molecular weight excluding hydrogens is 284 g/mol. The maximum Gasteiger partial charge on any atom is 0.241 e.